The van der Waals surface area contributed by atoms with Gasteiger partial charge in [0.2, 0.25) is 0 Å². The molecule has 1 saturated heterocycles. The van der Waals surface area contributed by atoms with Crippen molar-refractivity contribution < 1.29 is 27.2 Å². The van der Waals surface area contributed by atoms with E-state index in [0.29, 0.717) is 6.42 Å². The zero-order valence-electron chi connectivity index (χ0n) is 13.2. The Bertz CT molecular complexity index is 473. The van der Waals surface area contributed by atoms with Crippen LogP contribution in [0.25, 0.3) is 0 Å². The van der Waals surface area contributed by atoms with Gasteiger partial charge in [0.25, 0.3) is 10.1 Å². The summed E-state index contributed by atoms with van der Waals surface area (Å²) in [6.07, 6.45) is 0.843. The number of carbonyl (C=O) groups excluding carboxylic acids is 1. The monoisotopic (exact) mass is 321 g/mol. The lowest BCUT2D eigenvalue weighted by atomic mass is 9.84. The first-order valence-electron chi connectivity index (χ1n) is 6.89. The third-order valence-electron chi connectivity index (χ3n) is 3.23. The largest absolute Gasteiger partial charge is 0.464 e. The molecule has 9 heteroatoms. The van der Waals surface area contributed by atoms with Gasteiger partial charge in [-0.2, -0.15) is 8.42 Å². The highest BCUT2D eigenvalue weighted by atomic mass is 32.2. The molecule has 0 bridgehead atoms. The maximum Gasteiger partial charge on any atom is 0.376 e. The van der Waals surface area contributed by atoms with E-state index < -0.39 is 28.7 Å². The van der Waals surface area contributed by atoms with Crippen molar-refractivity contribution in [1.29, 1.82) is 0 Å². The van der Waals surface area contributed by atoms with Crippen LogP contribution in [0.15, 0.2) is 0 Å². The van der Waals surface area contributed by atoms with Crippen molar-refractivity contribution >= 4 is 23.1 Å². The van der Waals surface area contributed by atoms with Crippen molar-refractivity contribution in [2.75, 3.05) is 19.4 Å². The molecule has 21 heavy (non-hydrogen) atoms. The fraction of sp³-hybridized carbons (Fsp3) is 0.917. The molecule has 2 atom stereocenters. The first-order chi connectivity index (χ1) is 9.40. The Hall–Kier alpha value is -0.635. The van der Waals surface area contributed by atoms with E-state index in [1.165, 1.54) is 0 Å². The van der Waals surface area contributed by atoms with Crippen LogP contribution in [0.5, 0.6) is 0 Å². The number of hydrogen-bond donors (Lipinski definition) is 1. The van der Waals surface area contributed by atoms with Crippen LogP contribution < -0.4 is 0 Å². The summed E-state index contributed by atoms with van der Waals surface area (Å²) in [4.78, 5) is 13.5. The van der Waals surface area contributed by atoms with Crippen LogP contribution in [0.1, 0.15) is 27.2 Å². The van der Waals surface area contributed by atoms with E-state index in [1.54, 1.807) is 32.4 Å². The molecule has 1 aliphatic rings. The summed E-state index contributed by atoms with van der Waals surface area (Å²) in [5.74, 6) is -0.333. The predicted octanol–water partition coefficient (Wildman–Crippen LogP) is 0.105. The quantitative estimate of drug-likeness (QED) is 0.436. The minimum atomic E-state index is -3.55. The fourth-order valence-corrected chi connectivity index (χ4v) is 2.86. The summed E-state index contributed by atoms with van der Waals surface area (Å²) < 4.78 is 32.6. The van der Waals surface area contributed by atoms with Crippen molar-refractivity contribution in [3.05, 3.63) is 0 Å². The fourth-order valence-electron chi connectivity index (χ4n) is 2.22. The molecule has 0 spiro atoms. The van der Waals surface area contributed by atoms with Crippen molar-refractivity contribution in [2.45, 2.75) is 46.2 Å². The van der Waals surface area contributed by atoms with Crippen LogP contribution >= 0.6 is 0 Å². The van der Waals surface area contributed by atoms with Crippen LogP contribution in [0.4, 0.5) is 0 Å². The molecular formula is C12H24BNO6S. The van der Waals surface area contributed by atoms with E-state index in [1.807, 2.05) is 0 Å². The normalized spacial score (nSPS) is 24.1. The lowest BCUT2D eigenvalue weighted by molar-refractivity contribution is -0.154. The van der Waals surface area contributed by atoms with Gasteiger partial charge in [0, 0.05) is 12.6 Å². The first-order valence-corrected chi connectivity index (χ1v) is 8.71. The predicted molar refractivity (Wildman–Crippen MR) is 79.1 cm³/mol. The third-order valence-corrected chi connectivity index (χ3v) is 3.85. The van der Waals surface area contributed by atoms with Gasteiger partial charge in [0.05, 0.1) is 17.8 Å². The van der Waals surface area contributed by atoms with Crippen LogP contribution in [0, 0.1) is 5.41 Å². The zero-order valence-corrected chi connectivity index (χ0v) is 14.0. The zero-order chi connectivity index (χ0) is 16.4. The van der Waals surface area contributed by atoms with Gasteiger partial charge >= 0.3 is 13.0 Å². The SMILES string of the molecule is CB(O)N1C[C@@H](OS(C)(=O)=O)C[C@@H]1COC(=O)C(C)(C)C. The molecular weight excluding hydrogens is 297 g/mol. The molecule has 1 fully saturated rings. The molecule has 0 amide bonds. The Balaban J connectivity index is 2.65. The number of nitrogens with zero attached hydrogens (tertiary/aromatic N) is 1. The van der Waals surface area contributed by atoms with Crippen molar-refractivity contribution in [3.63, 3.8) is 0 Å². The standard InChI is InChI=1S/C12H24BNO6S/c1-12(2,3)11(15)19-8-9-6-10(20-21(5,17)18)7-14(9)13(4)16/h9-10,16H,6-8H2,1-5H3/t9-,10+/m1/s1. The van der Waals surface area contributed by atoms with Crippen LogP contribution in [-0.2, 0) is 23.8 Å². The van der Waals surface area contributed by atoms with E-state index in [9.17, 15) is 18.2 Å². The van der Waals surface area contributed by atoms with Gasteiger partial charge in [0.1, 0.15) is 6.61 Å². The summed E-state index contributed by atoms with van der Waals surface area (Å²) in [6.45, 7) is 7.23. The van der Waals surface area contributed by atoms with Gasteiger partial charge in [-0.15, -0.1) is 0 Å². The van der Waals surface area contributed by atoms with Gasteiger partial charge in [-0.25, -0.2) is 0 Å². The van der Waals surface area contributed by atoms with Gasteiger partial charge < -0.3 is 14.6 Å². The Morgan fingerprint density at radius 2 is 2.00 bits per heavy atom. The minimum absolute atomic E-state index is 0.102. The van der Waals surface area contributed by atoms with Gasteiger partial charge in [-0.3, -0.25) is 8.98 Å². The molecule has 0 aromatic heterocycles. The highest BCUT2D eigenvalue weighted by molar-refractivity contribution is 7.86. The molecule has 0 unspecified atom stereocenters. The Labute approximate surface area is 126 Å². The third kappa shape index (κ3) is 5.94. The molecule has 1 N–H and O–H groups in total. The summed E-state index contributed by atoms with van der Waals surface area (Å²) >= 11 is 0. The Kier molecular flexibility index (Phi) is 5.82. The van der Waals surface area contributed by atoms with E-state index in [-0.39, 0.29) is 25.2 Å². The molecule has 122 valence electrons. The number of carbonyl (C=O) groups is 1. The molecule has 0 saturated carbocycles. The molecule has 0 radical (unpaired) electrons. The lowest BCUT2D eigenvalue weighted by Gasteiger charge is -2.26. The molecule has 1 heterocycles. The second-order valence-electron chi connectivity index (χ2n) is 6.49. The van der Waals surface area contributed by atoms with Gasteiger partial charge in [-0.05, 0) is 34.0 Å². The van der Waals surface area contributed by atoms with E-state index in [2.05, 4.69) is 0 Å². The molecule has 0 aliphatic carbocycles. The van der Waals surface area contributed by atoms with Crippen molar-refractivity contribution in [3.8, 4) is 0 Å². The lowest BCUT2D eigenvalue weighted by Crippen LogP contribution is -2.44. The second kappa shape index (κ2) is 6.64. The maximum atomic E-state index is 11.8. The topological polar surface area (TPSA) is 93.1 Å². The summed E-state index contributed by atoms with van der Waals surface area (Å²) in [6, 6.07) is -0.261. The second-order valence-corrected chi connectivity index (χ2v) is 8.09. The molecule has 0 aromatic rings. The highest BCUT2D eigenvalue weighted by Crippen LogP contribution is 2.24. The molecule has 0 aromatic carbocycles. The van der Waals surface area contributed by atoms with E-state index in [4.69, 9.17) is 8.92 Å². The van der Waals surface area contributed by atoms with E-state index >= 15 is 0 Å². The smallest absolute Gasteiger partial charge is 0.376 e. The summed E-state index contributed by atoms with van der Waals surface area (Å²) in [7, 11) is -4.32. The molecule has 7 nitrogen and oxygen atoms in total. The maximum absolute atomic E-state index is 11.8. The van der Waals surface area contributed by atoms with Crippen LogP contribution in [-0.4, -0.2) is 62.8 Å². The number of rotatable bonds is 5. The van der Waals surface area contributed by atoms with Gasteiger partial charge in [0.15, 0.2) is 0 Å². The van der Waals surface area contributed by atoms with Crippen LogP contribution in [0.2, 0.25) is 6.82 Å². The number of ether oxygens (including phenoxy) is 1. The van der Waals surface area contributed by atoms with E-state index in [0.717, 1.165) is 6.26 Å². The van der Waals surface area contributed by atoms with Crippen molar-refractivity contribution in [1.82, 2.24) is 4.81 Å². The summed E-state index contributed by atoms with van der Waals surface area (Å²) in [5, 5.41) is 9.74. The van der Waals surface area contributed by atoms with Gasteiger partial charge in [-0.1, -0.05) is 0 Å². The number of hydrogen-bond acceptors (Lipinski definition) is 7. The van der Waals surface area contributed by atoms with Crippen molar-refractivity contribution in [2.24, 2.45) is 5.41 Å². The Morgan fingerprint density at radius 1 is 1.43 bits per heavy atom. The molecule has 1 aliphatic heterocycles. The minimum Gasteiger partial charge on any atom is -0.464 e. The van der Waals surface area contributed by atoms with Crippen LogP contribution in [0.3, 0.4) is 0 Å². The first kappa shape index (κ1) is 18.4. The number of esters is 1. The molecule has 1 rings (SSSR count). The summed E-state index contributed by atoms with van der Waals surface area (Å²) in [5.41, 5.74) is -0.600. The Morgan fingerprint density at radius 3 is 2.43 bits per heavy atom. The average Bonchev–Trinajstić information content (AvgIpc) is 2.65. The highest BCUT2D eigenvalue weighted by Gasteiger charge is 2.39. The average molecular weight is 321 g/mol.